The minimum atomic E-state index is -1.34. The molecule has 12 heteroatoms. The number of amides is 1. The molecule has 10 nitrogen and oxygen atoms in total. The zero-order valence-electron chi connectivity index (χ0n) is 18.6. The molecular weight excluding hydrogens is 448 g/mol. The van der Waals surface area contributed by atoms with Crippen molar-refractivity contribution in [1.29, 1.82) is 0 Å². The van der Waals surface area contributed by atoms with Crippen LogP contribution in [-0.4, -0.2) is 55.6 Å². The van der Waals surface area contributed by atoms with Crippen LogP contribution in [-0.2, 0) is 16.1 Å². The molecule has 1 amide bonds. The van der Waals surface area contributed by atoms with Gasteiger partial charge in [0.15, 0.2) is 17.3 Å². The summed E-state index contributed by atoms with van der Waals surface area (Å²) in [5.74, 6) is 0.398. The molecular formula is C22H25F2N7O3. The van der Waals surface area contributed by atoms with Gasteiger partial charge in [0, 0.05) is 36.5 Å². The Labute approximate surface area is 193 Å². The number of alkyl carbamates (subject to hydrolysis) is 1. The molecule has 4 fully saturated rings. The number of nitrogens with zero attached hydrogens (tertiary/aromatic N) is 4. The number of methoxy groups -OCH3 is 1. The van der Waals surface area contributed by atoms with Crippen LogP contribution in [0.15, 0.2) is 18.5 Å². The standard InChI is InChI=1S/C22H25F2N7O3/c1-33-10-12-9-31-19(26-12)14(23)8-25-20(31)27-17-4-15(29-30-17)13-2-3-16(18(13)24)34-21(32)28-22-5-11(6-22)7-22/h4,8-9,11,13,16,18H,2-3,5-7,10H2,1H3,(H,28,32)(H2,25,27,29,30)/t11?,13-,16-,18+,22?/m1/s1. The van der Waals surface area contributed by atoms with Crippen molar-refractivity contribution in [1.82, 2.24) is 29.9 Å². The molecule has 0 unspecified atom stereocenters. The molecule has 180 valence electrons. The van der Waals surface area contributed by atoms with Crippen LogP contribution in [0.25, 0.3) is 5.65 Å². The summed E-state index contributed by atoms with van der Waals surface area (Å²) >= 11 is 0. The van der Waals surface area contributed by atoms with Gasteiger partial charge in [-0.2, -0.15) is 5.10 Å². The number of halogens is 2. The largest absolute Gasteiger partial charge is 0.443 e. The van der Waals surface area contributed by atoms with Gasteiger partial charge in [-0.3, -0.25) is 9.50 Å². The zero-order valence-corrected chi connectivity index (χ0v) is 18.6. The fraction of sp³-hybridized carbons (Fsp3) is 0.545. The highest BCUT2D eigenvalue weighted by molar-refractivity contribution is 5.69. The molecule has 34 heavy (non-hydrogen) atoms. The summed E-state index contributed by atoms with van der Waals surface area (Å²) in [7, 11) is 1.53. The number of fused-ring (bicyclic) bond motifs is 1. The van der Waals surface area contributed by atoms with E-state index in [-0.39, 0.29) is 17.8 Å². The first-order valence-electron chi connectivity index (χ1n) is 11.4. The number of rotatable bonds is 7. The van der Waals surface area contributed by atoms with E-state index in [2.05, 4.69) is 30.8 Å². The second kappa shape index (κ2) is 7.90. The molecule has 4 aliphatic rings. The number of ether oxygens (including phenoxy) is 2. The van der Waals surface area contributed by atoms with Crippen LogP contribution in [0.2, 0.25) is 0 Å². The fourth-order valence-electron chi connectivity index (χ4n) is 5.40. The van der Waals surface area contributed by atoms with Gasteiger partial charge < -0.3 is 20.1 Å². The molecule has 0 spiro atoms. The number of aromatic amines is 1. The van der Waals surface area contributed by atoms with E-state index in [4.69, 9.17) is 9.47 Å². The van der Waals surface area contributed by atoms with Gasteiger partial charge in [0.05, 0.1) is 18.5 Å². The summed E-state index contributed by atoms with van der Waals surface area (Å²) in [4.78, 5) is 20.5. The molecule has 0 radical (unpaired) electrons. The van der Waals surface area contributed by atoms with E-state index < -0.39 is 30.1 Å². The molecule has 3 atom stereocenters. The monoisotopic (exact) mass is 473 g/mol. The first-order valence-corrected chi connectivity index (χ1v) is 11.4. The van der Waals surface area contributed by atoms with E-state index >= 15 is 4.39 Å². The predicted molar refractivity (Wildman–Crippen MR) is 116 cm³/mol. The Kier molecular flexibility index (Phi) is 4.94. The van der Waals surface area contributed by atoms with E-state index in [0.29, 0.717) is 36.0 Å². The first-order chi connectivity index (χ1) is 16.4. The highest BCUT2D eigenvalue weighted by Gasteiger charge is 2.58. The zero-order chi connectivity index (χ0) is 23.4. The summed E-state index contributed by atoms with van der Waals surface area (Å²) in [5, 5.41) is 13.0. The Hall–Kier alpha value is -3.28. The van der Waals surface area contributed by atoms with Crippen LogP contribution in [0.5, 0.6) is 0 Å². The number of anilines is 2. The van der Waals surface area contributed by atoms with Crippen molar-refractivity contribution in [2.24, 2.45) is 5.92 Å². The van der Waals surface area contributed by atoms with Crippen molar-refractivity contribution in [2.45, 2.75) is 62.4 Å². The number of hydrogen-bond donors (Lipinski definition) is 3. The van der Waals surface area contributed by atoms with Crippen LogP contribution >= 0.6 is 0 Å². The Bertz CT molecular complexity index is 1230. The topological polar surface area (TPSA) is 118 Å². The van der Waals surface area contributed by atoms with Gasteiger partial charge in [0.25, 0.3) is 0 Å². The molecule has 3 aromatic rings. The summed E-state index contributed by atoms with van der Waals surface area (Å²) in [6.45, 7) is 0.232. The van der Waals surface area contributed by atoms with E-state index in [1.54, 1.807) is 12.3 Å². The van der Waals surface area contributed by atoms with Gasteiger partial charge in [-0.05, 0) is 38.0 Å². The number of nitrogens with one attached hydrogen (secondary N) is 3. The number of hydrogen-bond acceptors (Lipinski definition) is 7. The molecule has 4 saturated carbocycles. The third kappa shape index (κ3) is 3.56. The van der Waals surface area contributed by atoms with Crippen LogP contribution < -0.4 is 10.6 Å². The molecule has 0 aromatic carbocycles. The maximum absolute atomic E-state index is 15.1. The Morgan fingerprint density at radius 2 is 2.18 bits per heavy atom. The quantitative estimate of drug-likeness (QED) is 0.482. The molecule has 7 rings (SSSR count). The second-order valence-corrected chi connectivity index (χ2v) is 9.58. The summed E-state index contributed by atoms with van der Waals surface area (Å²) < 4.78 is 41.2. The molecule has 3 aromatic heterocycles. The van der Waals surface area contributed by atoms with Gasteiger partial charge in [-0.1, -0.05) is 0 Å². The molecule has 3 heterocycles. The second-order valence-electron chi connectivity index (χ2n) is 9.58. The van der Waals surface area contributed by atoms with Gasteiger partial charge in [0.1, 0.15) is 12.3 Å². The average molecular weight is 473 g/mol. The predicted octanol–water partition coefficient (Wildman–Crippen LogP) is 3.34. The summed E-state index contributed by atoms with van der Waals surface area (Å²) in [6.07, 6.45) is 4.00. The van der Waals surface area contributed by atoms with Crippen molar-refractivity contribution >= 4 is 23.5 Å². The van der Waals surface area contributed by atoms with Crippen molar-refractivity contribution in [2.75, 3.05) is 12.4 Å². The molecule has 3 N–H and O–H groups in total. The normalized spacial score (nSPS) is 29.5. The lowest BCUT2D eigenvalue weighted by molar-refractivity contribution is -0.0532. The number of H-pyrrole nitrogens is 1. The van der Waals surface area contributed by atoms with Crippen molar-refractivity contribution < 1.29 is 23.0 Å². The van der Waals surface area contributed by atoms with Crippen LogP contribution in [0.3, 0.4) is 0 Å². The van der Waals surface area contributed by atoms with E-state index in [9.17, 15) is 9.18 Å². The summed E-state index contributed by atoms with van der Waals surface area (Å²) in [6, 6.07) is 1.69. The Balaban J connectivity index is 1.12. The molecule has 0 aliphatic heterocycles. The van der Waals surface area contributed by atoms with Crippen molar-refractivity contribution in [3.63, 3.8) is 0 Å². The lowest BCUT2D eigenvalue weighted by Gasteiger charge is -2.61. The third-order valence-electron chi connectivity index (χ3n) is 7.19. The van der Waals surface area contributed by atoms with Crippen molar-refractivity contribution in [3.05, 3.63) is 35.7 Å². The molecule has 0 saturated heterocycles. The maximum Gasteiger partial charge on any atom is 0.407 e. The van der Waals surface area contributed by atoms with Gasteiger partial charge in [-0.15, -0.1) is 0 Å². The lowest BCUT2D eigenvalue weighted by Crippen LogP contribution is -2.68. The Morgan fingerprint density at radius 3 is 2.91 bits per heavy atom. The number of carbonyl (C=O) groups excluding carboxylic acids is 1. The fourth-order valence-corrected chi connectivity index (χ4v) is 5.40. The van der Waals surface area contributed by atoms with E-state index in [0.717, 1.165) is 31.4 Å². The van der Waals surface area contributed by atoms with Gasteiger partial charge >= 0.3 is 6.09 Å². The minimum absolute atomic E-state index is 0.102. The summed E-state index contributed by atoms with van der Waals surface area (Å²) in [5.41, 5.74) is 1.15. The highest BCUT2D eigenvalue weighted by Crippen LogP contribution is 2.57. The molecule has 2 bridgehead atoms. The highest BCUT2D eigenvalue weighted by atomic mass is 19.1. The smallest absolute Gasteiger partial charge is 0.407 e. The third-order valence-corrected chi connectivity index (χ3v) is 7.19. The van der Waals surface area contributed by atoms with E-state index in [1.807, 2.05) is 0 Å². The van der Waals surface area contributed by atoms with Gasteiger partial charge in [-0.25, -0.2) is 23.5 Å². The SMILES string of the molecule is COCc1cn2c(Nc3cc([C@H]4CC[C@@H](OC(=O)NC56CC(C5)C6)[C@H]4F)[nH]n3)ncc(F)c2n1. The van der Waals surface area contributed by atoms with Crippen LogP contribution in [0.4, 0.5) is 25.3 Å². The molecule has 4 aliphatic carbocycles. The van der Waals surface area contributed by atoms with Crippen LogP contribution in [0, 0.1) is 11.7 Å². The number of alkyl halides is 1. The number of carbonyl (C=O) groups is 1. The van der Waals surface area contributed by atoms with Crippen LogP contribution in [0.1, 0.15) is 49.4 Å². The number of aromatic nitrogens is 5. The number of imidazole rings is 1. The maximum atomic E-state index is 15.1. The average Bonchev–Trinajstić information content (AvgIpc) is 3.47. The van der Waals surface area contributed by atoms with E-state index in [1.165, 1.54) is 11.5 Å². The first kappa shape index (κ1) is 21.3. The minimum Gasteiger partial charge on any atom is -0.443 e. The lowest BCUT2D eigenvalue weighted by atomic mass is 9.50. The van der Waals surface area contributed by atoms with Gasteiger partial charge in [0.2, 0.25) is 5.95 Å². The van der Waals surface area contributed by atoms with Crippen molar-refractivity contribution in [3.8, 4) is 0 Å². The Morgan fingerprint density at radius 1 is 1.35 bits per heavy atom.